The first-order valence-corrected chi connectivity index (χ1v) is 5.14. The van der Waals surface area contributed by atoms with Crippen molar-refractivity contribution >= 4 is 28.8 Å². The fraction of sp³-hybridized carbons (Fsp3) is 0.200. The second kappa shape index (κ2) is 14.6. The van der Waals surface area contributed by atoms with Gasteiger partial charge >= 0.3 is 17.1 Å². The molecular weight excluding hydrogens is 366 g/mol. The molecule has 2 heterocycles. The Morgan fingerprint density at radius 3 is 2.13 bits per heavy atom. The van der Waals surface area contributed by atoms with E-state index in [1.165, 1.54) is 6.33 Å². The number of nitrogen functional groups attached to an aromatic ring is 1. The third-order valence-electron chi connectivity index (χ3n) is 1.92. The molecule has 0 aliphatic heterocycles. The minimum absolute atomic E-state index is 0. The molecule has 0 aliphatic carbocycles. The van der Waals surface area contributed by atoms with Crippen LogP contribution >= 0.6 is 0 Å². The van der Waals surface area contributed by atoms with E-state index in [0.717, 1.165) is 11.0 Å². The molecule has 0 unspecified atom stereocenters. The van der Waals surface area contributed by atoms with Gasteiger partial charge in [0.1, 0.15) is 17.8 Å². The van der Waals surface area contributed by atoms with Crippen LogP contribution in [0.3, 0.4) is 0 Å². The van der Waals surface area contributed by atoms with Gasteiger partial charge in [0.25, 0.3) is 0 Å². The summed E-state index contributed by atoms with van der Waals surface area (Å²) in [6.07, 6.45) is 3.23. The maximum Gasteiger partial charge on any atom is 2.00 e. The number of carboxylic acids is 2. The van der Waals surface area contributed by atoms with Crippen LogP contribution in [0.25, 0.3) is 11.0 Å². The van der Waals surface area contributed by atoms with E-state index in [-0.39, 0.29) is 33.5 Å². The minimum Gasteiger partial charge on any atom is -0.549 e. The Labute approximate surface area is 140 Å². The Hall–Kier alpha value is -2.28. The number of anilines is 1. The second-order valence-corrected chi connectivity index (χ2v) is 3.35. The molecule has 0 aromatic carbocycles. The van der Waals surface area contributed by atoms with Crippen molar-refractivity contribution in [1.29, 1.82) is 0 Å². The van der Waals surface area contributed by atoms with Crippen molar-refractivity contribution in [1.82, 2.24) is 20.3 Å². The second-order valence-electron chi connectivity index (χ2n) is 3.35. The molecule has 2 aromatic rings. The summed E-state index contributed by atoms with van der Waals surface area (Å²) in [4.78, 5) is 29.9. The van der Waals surface area contributed by atoms with Gasteiger partial charge < -0.3 is 52.3 Å². The first-order chi connectivity index (χ1) is 9.00. The van der Waals surface area contributed by atoms with Gasteiger partial charge in [-0.3, -0.25) is 0 Å². The van der Waals surface area contributed by atoms with Gasteiger partial charge in [0.05, 0.1) is 17.3 Å². The van der Waals surface area contributed by atoms with Gasteiger partial charge in [0.2, 0.25) is 0 Å². The molecule has 11 N–H and O–H groups in total. The SMILES string of the molecule is Nc1ncnc2[nH]ccc12.O.O.O=C([O-])CNCC(=O)[O-].[Cu+2].[OH3+]. The molecule has 135 valence electrons. The quantitative estimate of drug-likeness (QED) is 0.337. The number of aromatic amines is 1. The molecule has 0 amide bonds. The molecule has 23 heavy (non-hydrogen) atoms. The van der Waals surface area contributed by atoms with E-state index in [4.69, 9.17) is 5.73 Å². The average molecular weight is 384 g/mol. The van der Waals surface area contributed by atoms with E-state index >= 15 is 0 Å². The summed E-state index contributed by atoms with van der Waals surface area (Å²) < 4.78 is 0. The third-order valence-corrected chi connectivity index (χ3v) is 1.92. The number of hydrogen-bond acceptors (Lipinski definition) is 8. The summed E-state index contributed by atoms with van der Waals surface area (Å²) in [7, 11) is 0. The molecule has 13 heteroatoms. The smallest absolute Gasteiger partial charge is 0.549 e. The van der Waals surface area contributed by atoms with Gasteiger partial charge in [0.15, 0.2) is 0 Å². The van der Waals surface area contributed by atoms with Crippen LogP contribution in [-0.2, 0) is 32.1 Å². The normalized spacial score (nSPS) is 8.00. The summed E-state index contributed by atoms with van der Waals surface area (Å²) in [5.74, 6) is -2.15. The molecule has 0 saturated heterocycles. The molecular formula is C10H18CuN5O7+. The fourth-order valence-electron chi connectivity index (χ4n) is 1.16. The van der Waals surface area contributed by atoms with Gasteiger partial charge in [-0.1, -0.05) is 0 Å². The number of fused-ring (bicyclic) bond motifs is 1. The number of aromatic nitrogens is 3. The maximum absolute atomic E-state index is 9.59. The van der Waals surface area contributed by atoms with Crippen molar-refractivity contribution in [2.75, 3.05) is 18.8 Å². The summed E-state index contributed by atoms with van der Waals surface area (Å²) in [5, 5.41) is 22.1. The van der Waals surface area contributed by atoms with Crippen LogP contribution in [0.5, 0.6) is 0 Å². The van der Waals surface area contributed by atoms with Crippen molar-refractivity contribution in [3.63, 3.8) is 0 Å². The number of carbonyl (C=O) groups excluding carboxylic acids is 2. The van der Waals surface area contributed by atoms with E-state index in [2.05, 4.69) is 20.3 Å². The van der Waals surface area contributed by atoms with Crippen molar-refractivity contribution < 1.29 is 53.3 Å². The minimum atomic E-state index is -1.34. The van der Waals surface area contributed by atoms with E-state index in [1.54, 1.807) is 6.20 Å². The Kier molecular flexibility index (Phi) is 18.4. The molecule has 0 aliphatic rings. The predicted molar refractivity (Wildman–Crippen MR) is 73.3 cm³/mol. The van der Waals surface area contributed by atoms with Gasteiger partial charge in [-0.05, 0) is 6.07 Å². The van der Waals surface area contributed by atoms with E-state index < -0.39 is 25.0 Å². The van der Waals surface area contributed by atoms with Gasteiger partial charge in [-0.15, -0.1) is 0 Å². The largest absolute Gasteiger partial charge is 2.00 e. The molecule has 12 nitrogen and oxygen atoms in total. The maximum atomic E-state index is 9.59. The number of rotatable bonds is 4. The number of nitrogens with one attached hydrogen (secondary N) is 2. The zero-order valence-corrected chi connectivity index (χ0v) is 12.6. The summed E-state index contributed by atoms with van der Waals surface area (Å²) >= 11 is 0. The number of carboxylic acid groups (broad SMARTS) is 2. The van der Waals surface area contributed by atoms with Crippen molar-refractivity contribution in [2.45, 2.75) is 0 Å². The third kappa shape index (κ3) is 11.0. The first-order valence-electron chi connectivity index (χ1n) is 5.14. The van der Waals surface area contributed by atoms with Crippen molar-refractivity contribution in [2.24, 2.45) is 0 Å². The Bertz CT molecular complexity index is 565. The van der Waals surface area contributed by atoms with E-state index in [0.29, 0.717) is 5.82 Å². The molecule has 0 spiro atoms. The number of H-pyrrole nitrogens is 1. The van der Waals surface area contributed by atoms with Crippen LogP contribution < -0.4 is 21.3 Å². The summed E-state index contributed by atoms with van der Waals surface area (Å²) in [5.41, 5.74) is 6.31. The predicted octanol–water partition coefficient (Wildman–Crippen LogP) is -5.96. The summed E-state index contributed by atoms with van der Waals surface area (Å²) in [6.45, 7) is -0.929. The molecule has 0 fully saturated rings. The molecule has 0 atom stereocenters. The van der Waals surface area contributed by atoms with E-state index in [9.17, 15) is 19.8 Å². The van der Waals surface area contributed by atoms with Crippen molar-refractivity contribution in [3.05, 3.63) is 18.6 Å². The number of nitrogens with two attached hydrogens (primary N) is 1. The van der Waals surface area contributed by atoms with Crippen LogP contribution in [-0.4, -0.2) is 50.9 Å². The topological polar surface area (TPSA) is 256 Å². The summed E-state index contributed by atoms with van der Waals surface area (Å²) in [6, 6.07) is 1.85. The first kappa shape index (κ1) is 28.8. The van der Waals surface area contributed by atoms with Gasteiger partial charge in [0, 0.05) is 19.3 Å². The Morgan fingerprint density at radius 2 is 1.70 bits per heavy atom. The Balaban J connectivity index is -0.000000135. The van der Waals surface area contributed by atoms with Crippen LogP contribution in [0.2, 0.25) is 0 Å². The average Bonchev–Trinajstić information content (AvgIpc) is 2.78. The molecule has 2 rings (SSSR count). The van der Waals surface area contributed by atoms with E-state index in [1.807, 2.05) is 6.07 Å². The number of nitrogens with zero attached hydrogens (tertiary/aromatic N) is 2. The zero-order valence-electron chi connectivity index (χ0n) is 11.6. The number of hydrogen-bond donors (Lipinski definition) is 3. The molecule has 1 radical (unpaired) electrons. The molecule has 2 aromatic heterocycles. The van der Waals surface area contributed by atoms with Crippen LogP contribution in [0, 0.1) is 0 Å². The van der Waals surface area contributed by atoms with Crippen LogP contribution in [0.4, 0.5) is 5.82 Å². The fourth-order valence-corrected chi connectivity index (χ4v) is 1.16. The molecule has 0 bridgehead atoms. The molecule has 0 saturated carbocycles. The van der Waals surface area contributed by atoms with Crippen LogP contribution in [0.15, 0.2) is 18.6 Å². The van der Waals surface area contributed by atoms with Crippen molar-refractivity contribution in [3.8, 4) is 0 Å². The number of carbonyl (C=O) groups is 2. The van der Waals surface area contributed by atoms with Gasteiger partial charge in [-0.25, -0.2) is 9.97 Å². The van der Waals surface area contributed by atoms with Crippen LogP contribution in [0.1, 0.15) is 0 Å². The Morgan fingerprint density at radius 1 is 1.17 bits per heavy atom. The monoisotopic (exact) mass is 383 g/mol. The number of aliphatic carboxylic acids is 2. The standard InChI is InChI=1S/C6H6N4.C4H7NO4.Cu.3H2O/c7-5-4-1-2-8-6(4)10-3-9-5;6-3(7)1-5-2-4(8)9;;;;/h1-3H,(H3,7,8,9,10);5H,1-2H2,(H,6,7)(H,8,9);;3*1H2/q;;+2;;;/p-1. The zero-order chi connectivity index (χ0) is 14.3. The van der Waals surface area contributed by atoms with Gasteiger partial charge in [-0.2, -0.15) is 0 Å².